The molecule has 10 heteroatoms. The standard InChI is InChI=1S/C36H38N6O4/c1-39-32-9-7-30(17-25(32)18-37-39)46-29-12-14-41(15-13-29)28-5-2-23(3-6-28)19-40-20-27(21-40)24-4-8-31-26(16-24)22-42(36(31)45)33-10-11-34(43)38-35(33)44/h2-9,16-18,27,29,33H,10-15,19-22H2,1H3,(H,38,43,44). The highest BCUT2D eigenvalue weighted by molar-refractivity contribution is 6.05. The second kappa shape index (κ2) is 11.6. The maximum Gasteiger partial charge on any atom is 0.255 e. The monoisotopic (exact) mass is 618 g/mol. The quantitative estimate of drug-likeness (QED) is 0.313. The van der Waals surface area contributed by atoms with Gasteiger partial charge in [-0.2, -0.15) is 5.10 Å². The van der Waals surface area contributed by atoms with Gasteiger partial charge < -0.3 is 14.5 Å². The van der Waals surface area contributed by atoms with Crippen LogP contribution in [0.25, 0.3) is 10.9 Å². The van der Waals surface area contributed by atoms with Gasteiger partial charge in [0.2, 0.25) is 11.8 Å². The summed E-state index contributed by atoms with van der Waals surface area (Å²) in [5.41, 5.74) is 6.57. The van der Waals surface area contributed by atoms with Crippen molar-refractivity contribution in [1.29, 1.82) is 0 Å². The van der Waals surface area contributed by atoms with Crippen molar-refractivity contribution in [2.24, 2.45) is 7.05 Å². The number of carbonyl (C=O) groups is 3. The fourth-order valence-corrected chi connectivity index (χ4v) is 7.47. The third-order valence-corrected chi connectivity index (χ3v) is 10.1. The summed E-state index contributed by atoms with van der Waals surface area (Å²) in [6.07, 6.45) is 4.74. The molecular formula is C36H38N6O4. The number of amides is 3. The molecule has 4 aromatic rings. The molecule has 236 valence electrons. The highest BCUT2D eigenvalue weighted by Crippen LogP contribution is 2.34. The number of aryl methyl sites for hydroxylation is 1. The highest BCUT2D eigenvalue weighted by Gasteiger charge is 2.39. The Balaban J connectivity index is 0.810. The topological polar surface area (TPSA) is 100 Å². The number of piperidine rings is 2. The smallest absolute Gasteiger partial charge is 0.255 e. The van der Waals surface area contributed by atoms with Crippen molar-refractivity contribution in [3.8, 4) is 5.75 Å². The number of hydrogen-bond donors (Lipinski definition) is 1. The van der Waals surface area contributed by atoms with Gasteiger partial charge in [0, 0.05) is 88.1 Å². The Morgan fingerprint density at radius 2 is 1.74 bits per heavy atom. The van der Waals surface area contributed by atoms with Crippen LogP contribution in [0.3, 0.4) is 0 Å². The highest BCUT2D eigenvalue weighted by atomic mass is 16.5. The van der Waals surface area contributed by atoms with Crippen LogP contribution in [0.1, 0.15) is 58.6 Å². The van der Waals surface area contributed by atoms with Crippen molar-refractivity contribution < 1.29 is 19.1 Å². The molecule has 0 bridgehead atoms. The molecular weight excluding hydrogens is 580 g/mol. The van der Waals surface area contributed by atoms with Gasteiger partial charge in [-0.3, -0.25) is 29.3 Å². The zero-order chi connectivity index (χ0) is 31.4. The molecule has 3 aromatic carbocycles. The number of nitrogens with zero attached hydrogens (tertiary/aromatic N) is 5. The average Bonchev–Trinajstić information content (AvgIpc) is 3.57. The Morgan fingerprint density at radius 1 is 0.935 bits per heavy atom. The van der Waals surface area contributed by atoms with Gasteiger partial charge in [0.1, 0.15) is 17.9 Å². The lowest BCUT2D eigenvalue weighted by atomic mass is 9.89. The summed E-state index contributed by atoms with van der Waals surface area (Å²) in [6.45, 7) is 5.25. The third-order valence-electron chi connectivity index (χ3n) is 10.1. The minimum Gasteiger partial charge on any atom is -0.490 e. The van der Waals surface area contributed by atoms with Gasteiger partial charge in [-0.1, -0.05) is 24.3 Å². The molecule has 0 aliphatic carbocycles. The SMILES string of the molecule is Cn1ncc2cc(OC3CCN(c4ccc(CN5CC(c6ccc7c(c6)CN(C6CCC(=O)NC6=O)C7=O)C5)cc4)CC3)ccc21. The number of nitrogens with one attached hydrogen (secondary N) is 1. The lowest BCUT2D eigenvalue weighted by Gasteiger charge is -2.40. The van der Waals surface area contributed by atoms with Crippen LogP contribution in [0.2, 0.25) is 0 Å². The molecule has 4 aliphatic rings. The largest absolute Gasteiger partial charge is 0.490 e. The number of imide groups is 1. The Labute approximate surface area is 267 Å². The predicted molar refractivity (Wildman–Crippen MR) is 174 cm³/mol. The molecule has 10 nitrogen and oxygen atoms in total. The van der Waals surface area contributed by atoms with E-state index in [1.54, 1.807) is 4.90 Å². The molecule has 1 aromatic heterocycles. The molecule has 1 unspecified atom stereocenters. The molecule has 3 saturated heterocycles. The van der Waals surface area contributed by atoms with Gasteiger partial charge in [0.25, 0.3) is 5.91 Å². The average molecular weight is 619 g/mol. The van der Waals surface area contributed by atoms with Crippen LogP contribution in [0.4, 0.5) is 5.69 Å². The number of hydrogen-bond acceptors (Lipinski definition) is 7. The first kappa shape index (κ1) is 28.8. The Kier molecular flexibility index (Phi) is 7.24. The predicted octanol–water partition coefficient (Wildman–Crippen LogP) is 3.98. The third kappa shape index (κ3) is 5.40. The molecule has 4 aliphatic heterocycles. The van der Waals surface area contributed by atoms with E-state index in [1.807, 2.05) is 30.1 Å². The van der Waals surface area contributed by atoms with E-state index in [1.165, 1.54) is 16.8 Å². The number of fused-ring (bicyclic) bond motifs is 2. The summed E-state index contributed by atoms with van der Waals surface area (Å²) in [7, 11) is 1.95. The van der Waals surface area contributed by atoms with Gasteiger partial charge in [0.05, 0.1) is 11.7 Å². The number of rotatable bonds is 7. The number of carbonyl (C=O) groups excluding carboxylic acids is 3. The first-order chi connectivity index (χ1) is 22.4. The van der Waals surface area contributed by atoms with Crippen molar-refractivity contribution >= 4 is 34.3 Å². The zero-order valence-electron chi connectivity index (χ0n) is 26.0. The molecule has 8 rings (SSSR count). The van der Waals surface area contributed by atoms with Crippen LogP contribution in [-0.4, -0.2) is 75.6 Å². The first-order valence-corrected chi connectivity index (χ1v) is 16.3. The van der Waals surface area contributed by atoms with Gasteiger partial charge >= 0.3 is 0 Å². The van der Waals surface area contributed by atoms with E-state index in [9.17, 15) is 14.4 Å². The Bertz CT molecular complexity index is 1820. The summed E-state index contributed by atoms with van der Waals surface area (Å²) in [6, 6.07) is 20.7. The summed E-state index contributed by atoms with van der Waals surface area (Å²) in [4.78, 5) is 43.5. The van der Waals surface area contributed by atoms with Crippen molar-refractivity contribution in [3.63, 3.8) is 0 Å². The Morgan fingerprint density at radius 3 is 2.52 bits per heavy atom. The number of aromatic nitrogens is 2. The molecule has 0 spiro atoms. The summed E-state index contributed by atoms with van der Waals surface area (Å²) >= 11 is 0. The normalized spacial score (nSPS) is 21.1. The fourth-order valence-electron chi connectivity index (χ4n) is 7.47. The first-order valence-electron chi connectivity index (χ1n) is 16.3. The van der Waals surface area contributed by atoms with Crippen molar-refractivity contribution in [2.45, 2.75) is 56.8 Å². The lowest BCUT2D eigenvalue weighted by Crippen LogP contribution is -2.52. The summed E-state index contributed by atoms with van der Waals surface area (Å²) in [5, 5.41) is 7.80. The second-order valence-corrected chi connectivity index (χ2v) is 13.2. The number of benzene rings is 3. The van der Waals surface area contributed by atoms with E-state index in [2.05, 4.69) is 68.7 Å². The molecule has 3 fully saturated rings. The van der Waals surface area contributed by atoms with E-state index in [0.717, 1.165) is 67.8 Å². The molecule has 1 N–H and O–H groups in total. The van der Waals surface area contributed by atoms with E-state index < -0.39 is 6.04 Å². The maximum atomic E-state index is 13.0. The fraction of sp³-hybridized carbons (Fsp3) is 0.389. The summed E-state index contributed by atoms with van der Waals surface area (Å²) < 4.78 is 8.21. The Hall–Kier alpha value is -4.70. The molecule has 46 heavy (non-hydrogen) atoms. The lowest BCUT2D eigenvalue weighted by molar-refractivity contribution is -0.136. The van der Waals surface area contributed by atoms with E-state index in [-0.39, 0.29) is 30.2 Å². The molecule has 0 radical (unpaired) electrons. The van der Waals surface area contributed by atoms with Crippen LogP contribution in [0.5, 0.6) is 5.75 Å². The van der Waals surface area contributed by atoms with E-state index in [0.29, 0.717) is 24.4 Å². The molecule has 1 atom stereocenters. The minimum absolute atomic E-state index is 0.119. The van der Waals surface area contributed by atoms with Crippen molar-refractivity contribution in [2.75, 3.05) is 31.1 Å². The van der Waals surface area contributed by atoms with Gasteiger partial charge in [-0.25, -0.2) is 0 Å². The van der Waals surface area contributed by atoms with Crippen LogP contribution >= 0.6 is 0 Å². The van der Waals surface area contributed by atoms with Crippen molar-refractivity contribution in [3.05, 3.63) is 89.1 Å². The second-order valence-electron chi connectivity index (χ2n) is 13.2. The van der Waals surface area contributed by atoms with Crippen LogP contribution in [-0.2, 0) is 29.7 Å². The maximum absolute atomic E-state index is 13.0. The minimum atomic E-state index is -0.577. The summed E-state index contributed by atoms with van der Waals surface area (Å²) in [5.74, 6) is 0.589. The molecule has 5 heterocycles. The van der Waals surface area contributed by atoms with Crippen LogP contribution < -0.4 is 15.0 Å². The molecule has 0 saturated carbocycles. The van der Waals surface area contributed by atoms with Crippen LogP contribution in [0.15, 0.2) is 66.9 Å². The molecule has 3 amide bonds. The number of ether oxygens (including phenoxy) is 1. The van der Waals surface area contributed by atoms with Crippen LogP contribution in [0, 0.1) is 0 Å². The van der Waals surface area contributed by atoms with Gasteiger partial charge in [-0.05, 0) is 59.5 Å². The van der Waals surface area contributed by atoms with E-state index >= 15 is 0 Å². The number of likely N-dealkylation sites (tertiary alicyclic amines) is 1. The van der Waals surface area contributed by atoms with E-state index in [4.69, 9.17) is 4.74 Å². The van der Waals surface area contributed by atoms with Gasteiger partial charge in [0.15, 0.2) is 0 Å². The van der Waals surface area contributed by atoms with Gasteiger partial charge in [-0.15, -0.1) is 0 Å². The number of anilines is 1. The van der Waals surface area contributed by atoms with Crippen molar-refractivity contribution in [1.82, 2.24) is 24.9 Å². The zero-order valence-corrected chi connectivity index (χ0v) is 26.0.